The largest absolute Gasteiger partial charge is 0.370 e. The molecule has 1 atom stereocenters. The maximum atomic E-state index is 11.6. The highest BCUT2D eigenvalue weighted by Crippen LogP contribution is 2.22. The molecule has 1 rings (SSSR count). The van der Waals surface area contributed by atoms with Crippen molar-refractivity contribution in [2.24, 2.45) is 0 Å². The van der Waals surface area contributed by atoms with Gasteiger partial charge in [-0.05, 0) is 41.4 Å². The topological polar surface area (TPSA) is 26.3 Å². The summed E-state index contributed by atoms with van der Waals surface area (Å²) in [6, 6.07) is 3.71. The van der Waals surface area contributed by atoms with E-state index in [0.29, 0.717) is 0 Å². The third-order valence-electron chi connectivity index (χ3n) is 2.04. The number of rotatable bonds is 6. The average molecular weight is 291 g/mol. The van der Waals surface area contributed by atoms with Gasteiger partial charge in [0.2, 0.25) is 0 Å². The predicted octanol–water partition coefficient (Wildman–Crippen LogP) is 3.90. The van der Waals surface area contributed by atoms with Crippen molar-refractivity contribution < 1.29 is 9.53 Å². The number of carbonyl (C=O) groups is 1. The van der Waals surface area contributed by atoms with Gasteiger partial charge in [0, 0.05) is 0 Å². The first-order valence-electron chi connectivity index (χ1n) is 5.03. The predicted molar refractivity (Wildman–Crippen MR) is 66.7 cm³/mol. The first-order valence-corrected chi connectivity index (χ1v) is 6.64. The lowest BCUT2D eigenvalue weighted by Gasteiger charge is -2.10. The van der Waals surface area contributed by atoms with Gasteiger partial charge in [-0.1, -0.05) is 13.3 Å². The van der Waals surface area contributed by atoms with Crippen molar-refractivity contribution in [3.8, 4) is 0 Å². The first-order chi connectivity index (χ1) is 7.13. The van der Waals surface area contributed by atoms with Crippen molar-refractivity contribution >= 4 is 33.0 Å². The summed E-state index contributed by atoms with van der Waals surface area (Å²) in [5, 5.41) is 0. The summed E-state index contributed by atoms with van der Waals surface area (Å²) in [5.74, 6) is 0.0636. The fraction of sp³-hybridized carbons (Fsp3) is 0.545. The Morgan fingerprint density at radius 1 is 1.60 bits per heavy atom. The molecule has 1 aromatic rings. The van der Waals surface area contributed by atoms with Gasteiger partial charge in [-0.15, -0.1) is 11.3 Å². The van der Waals surface area contributed by atoms with Crippen LogP contribution in [0.25, 0.3) is 0 Å². The van der Waals surface area contributed by atoms with E-state index in [1.165, 1.54) is 11.3 Å². The van der Waals surface area contributed by atoms with E-state index in [2.05, 4.69) is 22.9 Å². The second-order valence-corrected chi connectivity index (χ2v) is 5.90. The minimum Gasteiger partial charge on any atom is -0.370 e. The molecular formula is C11H15BrO2S. The number of halogens is 1. The molecule has 0 saturated heterocycles. The van der Waals surface area contributed by atoms with Crippen molar-refractivity contribution in [2.45, 2.75) is 32.8 Å². The molecule has 0 fully saturated rings. The zero-order valence-corrected chi connectivity index (χ0v) is 11.4. The van der Waals surface area contributed by atoms with Crippen LogP contribution < -0.4 is 0 Å². The number of ether oxygens (including phenoxy) is 1. The summed E-state index contributed by atoms with van der Waals surface area (Å²) in [6.07, 6.45) is 2.25. The Labute approximate surface area is 103 Å². The normalized spacial score (nSPS) is 12.7. The lowest BCUT2D eigenvalue weighted by atomic mass is 10.2. The number of Topliss-reactive ketones (excluding diaryl/α,β-unsaturated/α-hetero) is 1. The smallest absolute Gasteiger partial charge is 0.198 e. The highest BCUT2D eigenvalue weighted by Gasteiger charge is 2.10. The fourth-order valence-electron chi connectivity index (χ4n) is 1.24. The van der Waals surface area contributed by atoms with E-state index in [4.69, 9.17) is 4.74 Å². The summed E-state index contributed by atoms with van der Waals surface area (Å²) < 4.78 is 6.43. The number of ketones is 1. The third kappa shape index (κ3) is 4.45. The van der Waals surface area contributed by atoms with Gasteiger partial charge in [-0.25, -0.2) is 0 Å². The summed E-state index contributed by atoms with van der Waals surface area (Å²) in [7, 11) is 0. The Bertz CT molecular complexity index is 322. The summed E-state index contributed by atoms with van der Waals surface area (Å²) in [6.45, 7) is 4.30. The minimum atomic E-state index is 0.0636. The van der Waals surface area contributed by atoms with Gasteiger partial charge in [0.15, 0.2) is 5.78 Å². The van der Waals surface area contributed by atoms with Crippen LogP contribution in [0.3, 0.4) is 0 Å². The van der Waals surface area contributed by atoms with Crippen molar-refractivity contribution in [2.75, 3.05) is 6.61 Å². The van der Waals surface area contributed by atoms with E-state index >= 15 is 0 Å². The first kappa shape index (κ1) is 12.9. The van der Waals surface area contributed by atoms with Crippen molar-refractivity contribution in [3.05, 3.63) is 20.8 Å². The molecule has 0 saturated carbocycles. The molecule has 0 aromatic carbocycles. The Morgan fingerprint density at radius 2 is 2.33 bits per heavy atom. The standard InChI is InChI=1S/C11H15BrO2S/c1-3-4-8(2)14-7-9(13)10-5-6-11(12)15-10/h5-6,8H,3-4,7H2,1-2H3. The molecule has 0 aliphatic heterocycles. The van der Waals surface area contributed by atoms with Crippen LogP contribution in [0.2, 0.25) is 0 Å². The van der Waals surface area contributed by atoms with Gasteiger partial charge in [0.05, 0.1) is 14.8 Å². The maximum absolute atomic E-state index is 11.6. The molecule has 0 bridgehead atoms. The minimum absolute atomic E-state index is 0.0636. The van der Waals surface area contributed by atoms with Gasteiger partial charge in [-0.3, -0.25) is 4.79 Å². The lowest BCUT2D eigenvalue weighted by molar-refractivity contribution is 0.0493. The molecule has 1 heterocycles. The molecule has 4 heteroatoms. The number of carbonyl (C=O) groups excluding carboxylic acids is 1. The van der Waals surface area contributed by atoms with Crippen LogP contribution >= 0.6 is 27.3 Å². The Morgan fingerprint density at radius 3 is 2.87 bits per heavy atom. The molecular weight excluding hydrogens is 276 g/mol. The Kier molecular flexibility index (Phi) is 5.50. The van der Waals surface area contributed by atoms with Gasteiger partial charge in [0.25, 0.3) is 0 Å². The second kappa shape index (κ2) is 6.40. The summed E-state index contributed by atoms with van der Waals surface area (Å²) >= 11 is 4.78. The Balaban J connectivity index is 2.36. The fourth-order valence-corrected chi connectivity index (χ4v) is 2.55. The molecule has 0 aliphatic carbocycles. The molecule has 84 valence electrons. The van der Waals surface area contributed by atoms with Gasteiger partial charge in [-0.2, -0.15) is 0 Å². The number of hydrogen-bond donors (Lipinski definition) is 0. The zero-order valence-electron chi connectivity index (χ0n) is 8.96. The lowest BCUT2D eigenvalue weighted by Crippen LogP contribution is -2.14. The quantitative estimate of drug-likeness (QED) is 0.743. The Hall–Kier alpha value is -0.190. The van der Waals surface area contributed by atoms with Gasteiger partial charge >= 0.3 is 0 Å². The van der Waals surface area contributed by atoms with E-state index in [0.717, 1.165) is 21.5 Å². The van der Waals surface area contributed by atoms with Crippen molar-refractivity contribution in [1.29, 1.82) is 0 Å². The van der Waals surface area contributed by atoms with E-state index in [-0.39, 0.29) is 18.5 Å². The summed E-state index contributed by atoms with van der Waals surface area (Å²) in [5.41, 5.74) is 0. The van der Waals surface area contributed by atoms with Crippen LogP contribution in [0.4, 0.5) is 0 Å². The molecule has 0 spiro atoms. The molecule has 0 aliphatic rings. The van der Waals surface area contributed by atoms with Crippen LogP contribution in [-0.2, 0) is 4.74 Å². The van der Waals surface area contributed by atoms with Gasteiger partial charge < -0.3 is 4.74 Å². The highest BCUT2D eigenvalue weighted by atomic mass is 79.9. The van der Waals surface area contributed by atoms with Crippen molar-refractivity contribution in [3.63, 3.8) is 0 Å². The molecule has 0 N–H and O–H groups in total. The van der Waals surface area contributed by atoms with E-state index in [1.54, 1.807) is 0 Å². The maximum Gasteiger partial charge on any atom is 0.198 e. The number of thiophene rings is 1. The van der Waals surface area contributed by atoms with Crippen LogP contribution in [0, 0.1) is 0 Å². The van der Waals surface area contributed by atoms with E-state index in [9.17, 15) is 4.79 Å². The monoisotopic (exact) mass is 290 g/mol. The van der Waals surface area contributed by atoms with E-state index in [1.807, 2.05) is 19.1 Å². The van der Waals surface area contributed by atoms with Crippen LogP contribution in [0.15, 0.2) is 15.9 Å². The SMILES string of the molecule is CCCC(C)OCC(=O)c1ccc(Br)s1. The molecule has 15 heavy (non-hydrogen) atoms. The second-order valence-electron chi connectivity index (χ2n) is 3.44. The molecule has 1 aromatic heterocycles. The molecule has 1 unspecified atom stereocenters. The molecule has 2 nitrogen and oxygen atoms in total. The van der Waals surface area contributed by atoms with Crippen LogP contribution in [-0.4, -0.2) is 18.5 Å². The van der Waals surface area contributed by atoms with Crippen LogP contribution in [0.5, 0.6) is 0 Å². The van der Waals surface area contributed by atoms with Gasteiger partial charge in [0.1, 0.15) is 6.61 Å². The summed E-state index contributed by atoms with van der Waals surface area (Å²) in [4.78, 5) is 12.4. The third-order valence-corrected chi connectivity index (χ3v) is 3.71. The highest BCUT2D eigenvalue weighted by molar-refractivity contribution is 9.11. The zero-order chi connectivity index (χ0) is 11.3. The number of hydrogen-bond acceptors (Lipinski definition) is 3. The molecule has 0 radical (unpaired) electrons. The van der Waals surface area contributed by atoms with E-state index < -0.39 is 0 Å². The average Bonchev–Trinajstić information content (AvgIpc) is 2.62. The van der Waals surface area contributed by atoms with Crippen molar-refractivity contribution in [1.82, 2.24) is 0 Å². The molecule has 0 amide bonds. The van der Waals surface area contributed by atoms with Crippen LogP contribution in [0.1, 0.15) is 36.4 Å².